The Morgan fingerprint density at radius 3 is 2.45 bits per heavy atom. The number of amides is 1. The maximum Gasteiger partial charge on any atom is 0.257 e. The monoisotopic (exact) mass is 466 g/mol. The molecule has 1 aliphatic heterocycles. The number of ether oxygens (including phenoxy) is 1. The Balaban J connectivity index is 1.90. The van der Waals surface area contributed by atoms with Crippen LogP contribution in [0.5, 0.6) is 0 Å². The van der Waals surface area contributed by atoms with Crippen molar-refractivity contribution in [2.75, 3.05) is 18.5 Å². The summed E-state index contributed by atoms with van der Waals surface area (Å²) >= 11 is 11.6. The molecule has 1 heterocycles. The minimum absolute atomic E-state index is 0.0653. The highest BCUT2D eigenvalue weighted by Gasteiger charge is 2.32. The summed E-state index contributed by atoms with van der Waals surface area (Å²) in [6.45, 7) is -0.154. The number of rotatable bonds is 5. The fourth-order valence-electron chi connectivity index (χ4n) is 2.60. The maximum absolute atomic E-state index is 14.3. The second kappa shape index (κ2) is 8.50. The maximum atomic E-state index is 14.3. The number of carbonyl (C=O) groups is 1. The van der Waals surface area contributed by atoms with E-state index in [2.05, 4.69) is 10.0 Å². The Hall–Kier alpha value is -1.82. The molecule has 1 saturated heterocycles. The van der Waals surface area contributed by atoms with E-state index >= 15 is 0 Å². The zero-order valence-corrected chi connectivity index (χ0v) is 16.8. The summed E-state index contributed by atoms with van der Waals surface area (Å²) in [5.74, 6) is -2.74. The number of benzene rings is 2. The molecular weight excluding hydrogens is 453 g/mol. The predicted octanol–water partition coefficient (Wildman–Crippen LogP) is 2.56. The van der Waals surface area contributed by atoms with Crippen LogP contribution >= 0.6 is 23.2 Å². The summed E-state index contributed by atoms with van der Waals surface area (Å²) in [7, 11) is -4.44. The van der Waals surface area contributed by atoms with Crippen LogP contribution in [0.15, 0.2) is 35.2 Å². The molecule has 1 fully saturated rings. The van der Waals surface area contributed by atoms with Gasteiger partial charge >= 0.3 is 0 Å². The van der Waals surface area contributed by atoms with Crippen LogP contribution in [0.4, 0.5) is 14.5 Å². The quantitative estimate of drug-likeness (QED) is 0.627. The number of carbonyl (C=O) groups excluding carboxylic acids is 1. The molecule has 0 radical (unpaired) electrons. The van der Waals surface area contributed by atoms with E-state index in [9.17, 15) is 27.1 Å². The number of aliphatic hydroxyl groups is 1. The van der Waals surface area contributed by atoms with Crippen molar-refractivity contribution in [3.05, 3.63) is 57.6 Å². The van der Waals surface area contributed by atoms with Crippen LogP contribution in [0.25, 0.3) is 0 Å². The Kier molecular flexibility index (Phi) is 6.42. The number of aliphatic hydroxyl groups excluding tert-OH is 1. The van der Waals surface area contributed by atoms with E-state index < -0.39 is 44.6 Å². The number of halogens is 4. The van der Waals surface area contributed by atoms with Gasteiger partial charge in [0.1, 0.15) is 16.5 Å². The smallest absolute Gasteiger partial charge is 0.257 e. The number of sulfonamides is 1. The van der Waals surface area contributed by atoms with Gasteiger partial charge in [0, 0.05) is 5.69 Å². The van der Waals surface area contributed by atoms with Gasteiger partial charge in [-0.05, 0) is 30.3 Å². The van der Waals surface area contributed by atoms with E-state index in [0.717, 1.165) is 18.2 Å². The van der Waals surface area contributed by atoms with E-state index in [1.54, 1.807) is 0 Å². The molecule has 0 aromatic heterocycles. The molecule has 2 aromatic rings. The van der Waals surface area contributed by atoms with Crippen LogP contribution in [0, 0.1) is 11.6 Å². The normalized spacial score (nSPS) is 19.3. The molecule has 2 atom stereocenters. The van der Waals surface area contributed by atoms with E-state index in [1.807, 2.05) is 0 Å². The third-order valence-electron chi connectivity index (χ3n) is 4.09. The summed E-state index contributed by atoms with van der Waals surface area (Å²) in [5, 5.41) is 11.5. The SMILES string of the molecule is O=C(Nc1ccc(F)c(Cl)c1)c1cc(S(=O)(=O)NC2COCC2O)c(F)cc1Cl. The van der Waals surface area contributed by atoms with Crippen molar-refractivity contribution < 1.29 is 31.8 Å². The van der Waals surface area contributed by atoms with Crippen molar-refractivity contribution in [3.8, 4) is 0 Å². The number of anilines is 1. The van der Waals surface area contributed by atoms with Crippen LogP contribution in [0.2, 0.25) is 10.0 Å². The van der Waals surface area contributed by atoms with Gasteiger partial charge < -0.3 is 15.2 Å². The van der Waals surface area contributed by atoms with E-state index in [-0.39, 0.29) is 34.5 Å². The van der Waals surface area contributed by atoms with Crippen LogP contribution in [-0.4, -0.2) is 44.8 Å². The minimum Gasteiger partial charge on any atom is -0.389 e. The minimum atomic E-state index is -4.44. The molecule has 0 spiro atoms. The summed E-state index contributed by atoms with van der Waals surface area (Å²) in [6.07, 6.45) is -1.09. The summed E-state index contributed by atoms with van der Waals surface area (Å²) < 4.78 is 59.7. The fraction of sp³-hybridized carbons (Fsp3) is 0.235. The lowest BCUT2D eigenvalue weighted by molar-refractivity contribution is 0.102. The zero-order valence-electron chi connectivity index (χ0n) is 14.5. The van der Waals surface area contributed by atoms with Crippen molar-refractivity contribution in [1.29, 1.82) is 0 Å². The standard InChI is InChI=1S/C17H14Cl2F2N2O5S/c18-10-5-13(21)16(29(26,27)23-14-6-28-7-15(14)24)4-9(10)17(25)22-8-1-2-12(20)11(19)3-8/h1-5,14-15,23-24H,6-7H2,(H,22,25). The van der Waals surface area contributed by atoms with Gasteiger partial charge in [0.15, 0.2) is 0 Å². The number of hydrogen-bond acceptors (Lipinski definition) is 5. The van der Waals surface area contributed by atoms with Crippen LogP contribution in [0.3, 0.4) is 0 Å². The van der Waals surface area contributed by atoms with Gasteiger partial charge in [0.25, 0.3) is 5.91 Å². The third-order valence-corrected chi connectivity index (χ3v) is 6.20. The highest BCUT2D eigenvalue weighted by atomic mass is 35.5. The molecule has 3 N–H and O–H groups in total. The van der Waals surface area contributed by atoms with Crippen molar-refractivity contribution >= 4 is 44.8 Å². The fourth-order valence-corrected chi connectivity index (χ4v) is 4.36. The Morgan fingerprint density at radius 1 is 1.10 bits per heavy atom. The molecule has 1 aliphatic rings. The Labute approximate surface area is 174 Å². The Bertz CT molecular complexity index is 1070. The van der Waals surface area contributed by atoms with Gasteiger partial charge in [0.05, 0.1) is 41.0 Å². The van der Waals surface area contributed by atoms with E-state index in [4.69, 9.17) is 27.9 Å². The largest absolute Gasteiger partial charge is 0.389 e. The molecule has 0 bridgehead atoms. The van der Waals surface area contributed by atoms with E-state index in [0.29, 0.717) is 6.07 Å². The molecule has 0 saturated carbocycles. The first-order valence-electron chi connectivity index (χ1n) is 8.12. The van der Waals surface area contributed by atoms with Gasteiger partial charge in [-0.25, -0.2) is 21.9 Å². The predicted molar refractivity (Wildman–Crippen MR) is 102 cm³/mol. The lowest BCUT2D eigenvalue weighted by Gasteiger charge is -2.16. The summed E-state index contributed by atoms with van der Waals surface area (Å²) in [4.78, 5) is 11.7. The second-order valence-corrected chi connectivity index (χ2v) is 8.67. The van der Waals surface area contributed by atoms with Gasteiger partial charge in [-0.15, -0.1) is 0 Å². The third kappa shape index (κ3) is 4.85. The average Bonchev–Trinajstić information content (AvgIpc) is 3.02. The van der Waals surface area contributed by atoms with Crippen LogP contribution < -0.4 is 10.0 Å². The molecule has 0 aliphatic carbocycles. The van der Waals surface area contributed by atoms with Gasteiger partial charge in [0.2, 0.25) is 10.0 Å². The number of nitrogens with one attached hydrogen (secondary N) is 2. The molecule has 2 aromatic carbocycles. The van der Waals surface area contributed by atoms with Gasteiger partial charge in [-0.1, -0.05) is 23.2 Å². The number of hydrogen-bond donors (Lipinski definition) is 3. The van der Waals surface area contributed by atoms with Crippen molar-refractivity contribution in [2.45, 2.75) is 17.0 Å². The molecule has 7 nitrogen and oxygen atoms in total. The molecule has 1 amide bonds. The van der Waals surface area contributed by atoms with Crippen molar-refractivity contribution in [3.63, 3.8) is 0 Å². The Morgan fingerprint density at radius 2 is 1.83 bits per heavy atom. The van der Waals surface area contributed by atoms with Crippen LogP contribution in [0.1, 0.15) is 10.4 Å². The van der Waals surface area contributed by atoms with E-state index in [1.165, 1.54) is 6.07 Å². The molecule has 2 unspecified atom stereocenters. The van der Waals surface area contributed by atoms with Crippen LogP contribution in [-0.2, 0) is 14.8 Å². The molecule has 29 heavy (non-hydrogen) atoms. The molecular formula is C17H14Cl2F2N2O5S. The first kappa shape index (κ1) is 21.9. The first-order valence-corrected chi connectivity index (χ1v) is 10.4. The average molecular weight is 467 g/mol. The highest BCUT2D eigenvalue weighted by Crippen LogP contribution is 2.26. The topological polar surface area (TPSA) is 105 Å². The summed E-state index contributed by atoms with van der Waals surface area (Å²) in [6, 6.07) is 3.89. The lowest BCUT2D eigenvalue weighted by Crippen LogP contribution is -2.42. The van der Waals surface area contributed by atoms with Gasteiger partial charge in [-0.2, -0.15) is 0 Å². The zero-order chi connectivity index (χ0) is 21.3. The second-order valence-electron chi connectivity index (χ2n) is 6.18. The first-order chi connectivity index (χ1) is 13.6. The molecule has 156 valence electrons. The molecule has 12 heteroatoms. The highest BCUT2D eigenvalue weighted by molar-refractivity contribution is 7.89. The lowest BCUT2D eigenvalue weighted by atomic mass is 10.2. The molecule has 3 rings (SSSR count). The van der Waals surface area contributed by atoms with Crippen molar-refractivity contribution in [2.24, 2.45) is 0 Å². The summed E-state index contributed by atoms with van der Waals surface area (Å²) in [5.41, 5.74) is -0.215. The van der Waals surface area contributed by atoms with Gasteiger partial charge in [-0.3, -0.25) is 4.79 Å². The van der Waals surface area contributed by atoms with Crippen molar-refractivity contribution in [1.82, 2.24) is 4.72 Å².